The van der Waals surface area contributed by atoms with Gasteiger partial charge in [-0.2, -0.15) is 4.31 Å². The normalized spacial score (nSPS) is 17.3. The third-order valence-electron chi connectivity index (χ3n) is 3.84. The summed E-state index contributed by atoms with van der Waals surface area (Å²) in [7, 11) is -3.53. The summed E-state index contributed by atoms with van der Waals surface area (Å²) in [5.74, 6) is 0. The van der Waals surface area contributed by atoms with E-state index in [0.29, 0.717) is 5.02 Å². The van der Waals surface area contributed by atoms with Crippen molar-refractivity contribution in [3.8, 4) is 0 Å². The third-order valence-corrected chi connectivity index (χ3v) is 6.45. The Kier molecular flexibility index (Phi) is 4.77. The van der Waals surface area contributed by atoms with E-state index in [-0.39, 0.29) is 17.0 Å². The monoisotopic (exact) mass is 315 g/mol. The number of nitrogens with zero attached hydrogens (tertiary/aromatic N) is 1. The Bertz CT molecular complexity index is 578. The first-order valence-electron chi connectivity index (χ1n) is 7.13. The lowest BCUT2D eigenvalue weighted by Crippen LogP contribution is -2.43. The van der Waals surface area contributed by atoms with Gasteiger partial charge >= 0.3 is 0 Å². The molecule has 0 bridgehead atoms. The molecule has 1 aromatic rings. The first kappa shape index (κ1) is 15.8. The van der Waals surface area contributed by atoms with E-state index in [1.165, 1.54) is 0 Å². The summed E-state index contributed by atoms with van der Waals surface area (Å²) in [4.78, 5) is 0.227. The van der Waals surface area contributed by atoms with Crippen molar-refractivity contribution >= 4 is 21.6 Å². The van der Waals surface area contributed by atoms with Gasteiger partial charge in [-0.25, -0.2) is 8.42 Å². The molecule has 112 valence electrons. The molecule has 2 rings (SSSR count). The summed E-state index contributed by atoms with van der Waals surface area (Å²) in [6.07, 6.45) is 4.10. The quantitative estimate of drug-likeness (QED) is 0.842. The second-order valence-electron chi connectivity index (χ2n) is 5.80. The van der Waals surface area contributed by atoms with Gasteiger partial charge in [0.25, 0.3) is 0 Å². The molecule has 1 aliphatic rings. The molecule has 1 saturated carbocycles. The molecule has 5 heteroatoms. The molecule has 0 N–H and O–H groups in total. The van der Waals surface area contributed by atoms with Crippen LogP contribution in [0, 0.1) is 6.92 Å². The molecule has 0 spiro atoms. The molecule has 1 fully saturated rings. The third kappa shape index (κ3) is 3.02. The summed E-state index contributed by atoms with van der Waals surface area (Å²) in [5.41, 5.74) is 0.964. The van der Waals surface area contributed by atoms with Gasteiger partial charge in [0.05, 0.1) is 5.02 Å². The molecule has 0 atom stereocenters. The molecular weight excluding hydrogens is 294 g/mol. The minimum Gasteiger partial charge on any atom is -0.207 e. The zero-order valence-corrected chi connectivity index (χ0v) is 13.8. The smallest absolute Gasteiger partial charge is 0.207 e. The number of aryl methyl sites for hydroxylation is 1. The van der Waals surface area contributed by atoms with Crippen LogP contribution >= 0.6 is 11.6 Å². The van der Waals surface area contributed by atoms with Gasteiger partial charge < -0.3 is 0 Å². The highest BCUT2D eigenvalue weighted by Gasteiger charge is 2.36. The average Bonchev–Trinajstić information content (AvgIpc) is 2.80. The Morgan fingerprint density at radius 2 is 1.85 bits per heavy atom. The van der Waals surface area contributed by atoms with E-state index in [9.17, 15) is 8.42 Å². The van der Waals surface area contributed by atoms with Gasteiger partial charge in [0, 0.05) is 12.1 Å². The maximum absolute atomic E-state index is 12.9. The van der Waals surface area contributed by atoms with E-state index >= 15 is 0 Å². The standard InChI is InChI=1S/C15H22ClNO2S/c1-11(2)17(13-6-4-5-7-13)20(18,19)15-9-8-12(3)10-14(15)16/h8-11,13H,4-7H2,1-3H3. The second-order valence-corrected chi connectivity index (χ2v) is 8.02. The van der Waals surface area contributed by atoms with Crippen LogP contribution in [0.15, 0.2) is 23.1 Å². The molecule has 3 nitrogen and oxygen atoms in total. The average molecular weight is 316 g/mol. The molecule has 0 radical (unpaired) electrons. The Morgan fingerprint density at radius 1 is 1.25 bits per heavy atom. The molecule has 0 aromatic heterocycles. The molecule has 1 aliphatic carbocycles. The lowest BCUT2D eigenvalue weighted by atomic mass is 10.2. The van der Waals surface area contributed by atoms with Gasteiger partial charge in [-0.3, -0.25) is 0 Å². The van der Waals surface area contributed by atoms with Crippen molar-refractivity contribution in [3.63, 3.8) is 0 Å². The van der Waals surface area contributed by atoms with Gasteiger partial charge in [0.2, 0.25) is 10.0 Å². The minimum absolute atomic E-state index is 0.0551. The maximum Gasteiger partial charge on any atom is 0.245 e. The number of rotatable bonds is 4. The lowest BCUT2D eigenvalue weighted by Gasteiger charge is -2.31. The van der Waals surface area contributed by atoms with E-state index in [4.69, 9.17) is 11.6 Å². The van der Waals surface area contributed by atoms with Crippen LogP contribution in [0.1, 0.15) is 45.1 Å². The molecule has 1 aromatic carbocycles. The Balaban J connectivity index is 2.44. The van der Waals surface area contributed by atoms with E-state index in [1.54, 1.807) is 22.5 Å². The van der Waals surface area contributed by atoms with Gasteiger partial charge in [0.1, 0.15) is 4.90 Å². The zero-order chi connectivity index (χ0) is 14.9. The fourth-order valence-corrected chi connectivity index (χ4v) is 5.44. The molecular formula is C15H22ClNO2S. The summed E-state index contributed by atoms with van der Waals surface area (Å²) in [6, 6.07) is 5.18. The van der Waals surface area contributed by atoms with Crippen molar-refractivity contribution in [1.82, 2.24) is 4.31 Å². The Morgan fingerprint density at radius 3 is 2.35 bits per heavy atom. The van der Waals surface area contributed by atoms with Gasteiger partial charge in [-0.15, -0.1) is 0 Å². The van der Waals surface area contributed by atoms with Gasteiger partial charge in [-0.1, -0.05) is 30.5 Å². The van der Waals surface area contributed by atoms with Crippen molar-refractivity contribution in [2.24, 2.45) is 0 Å². The summed E-state index contributed by atoms with van der Waals surface area (Å²) in [5, 5.41) is 0.314. The molecule has 0 aliphatic heterocycles. The SMILES string of the molecule is Cc1ccc(S(=O)(=O)N(C(C)C)C2CCCC2)c(Cl)c1. The largest absolute Gasteiger partial charge is 0.245 e. The van der Waals surface area contributed by atoms with Crippen molar-refractivity contribution < 1.29 is 8.42 Å². The van der Waals surface area contributed by atoms with E-state index < -0.39 is 10.0 Å². The highest BCUT2D eigenvalue weighted by molar-refractivity contribution is 7.89. The van der Waals surface area contributed by atoms with Crippen LogP contribution in [0.25, 0.3) is 0 Å². The lowest BCUT2D eigenvalue weighted by molar-refractivity contribution is 0.275. The van der Waals surface area contributed by atoms with Crippen LogP contribution in [0.2, 0.25) is 5.02 Å². The zero-order valence-electron chi connectivity index (χ0n) is 12.3. The van der Waals surface area contributed by atoms with Crippen LogP contribution in [0.3, 0.4) is 0 Å². The molecule has 0 heterocycles. The number of sulfonamides is 1. The Hall–Kier alpha value is -0.580. The molecule has 0 unspecified atom stereocenters. The molecule has 0 amide bonds. The van der Waals surface area contributed by atoms with Crippen LogP contribution in [0.4, 0.5) is 0 Å². The number of hydrogen-bond acceptors (Lipinski definition) is 2. The first-order valence-corrected chi connectivity index (χ1v) is 8.95. The maximum atomic E-state index is 12.9. The van der Waals surface area contributed by atoms with E-state index in [0.717, 1.165) is 31.2 Å². The van der Waals surface area contributed by atoms with Crippen molar-refractivity contribution in [2.75, 3.05) is 0 Å². The van der Waals surface area contributed by atoms with Gasteiger partial charge in [-0.05, 0) is 51.3 Å². The Labute approximate surface area is 127 Å². The number of benzene rings is 1. The summed E-state index contributed by atoms with van der Waals surface area (Å²) < 4.78 is 27.5. The second kappa shape index (κ2) is 6.04. The highest BCUT2D eigenvalue weighted by Crippen LogP contribution is 2.33. The highest BCUT2D eigenvalue weighted by atomic mass is 35.5. The first-order chi connectivity index (χ1) is 9.34. The topological polar surface area (TPSA) is 37.4 Å². The van der Waals surface area contributed by atoms with Crippen molar-refractivity contribution in [1.29, 1.82) is 0 Å². The number of hydrogen-bond donors (Lipinski definition) is 0. The summed E-state index contributed by atoms with van der Waals surface area (Å²) in [6.45, 7) is 5.76. The van der Waals surface area contributed by atoms with Crippen molar-refractivity contribution in [2.45, 2.75) is 63.4 Å². The van der Waals surface area contributed by atoms with Crippen LogP contribution in [-0.2, 0) is 10.0 Å². The predicted molar refractivity (Wildman–Crippen MR) is 82.6 cm³/mol. The summed E-state index contributed by atoms with van der Waals surface area (Å²) >= 11 is 6.16. The van der Waals surface area contributed by atoms with E-state index in [2.05, 4.69) is 0 Å². The predicted octanol–water partition coefficient (Wildman–Crippen LogP) is 3.99. The van der Waals surface area contributed by atoms with Crippen molar-refractivity contribution in [3.05, 3.63) is 28.8 Å². The molecule has 20 heavy (non-hydrogen) atoms. The number of halogens is 1. The minimum atomic E-state index is -3.53. The van der Waals surface area contributed by atoms with Crippen LogP contribution < -0.4 is 0 Å². The van der Waals surface area contributed by atoms with E-state index in [1.807, 2.05) is 20.8 Å². The van der Waals surface area contributed by atoms with Gasteiger partial charge in [0.15, 0.2) is 0 Å². The molecule has 0 saturated heterocycles. The van der Waals surface area contributed by atoms with Crippen LogP contribution in [-0.4, -0.2) is 24.8 Å². The van der Waals surface area contributed by atoms with Crippen LogP contribution in [0.5, 0.6) is 0 Å². The fraction of sp³-hybridized carbons (Fsp3) is 0.600. The fourth-order valence-electron chi connectivity index (χ4n) is 2.98.